The number of nitrogens with one attached hydrogen (secondary N) is 4. The van der Waals surface area contributed by atoms with Gasteiger partial charge in [-0.2, -0.15) is 10.4 Å². The number of hydrogen-bond donors (Lipinski definition) is 4. The summed E-state index contributed by atoms with van der Waals surface area (Å²) >= 11 is 0. The van der Waals surface area contributed by atoms with Crippen molar-refractivity contribution in [3.8, 4) is 6.07 Å². The molecule has 1 aromatic carbocycles. The van der Waals surface area contributed by atoms with Gasteiger partial charge in [0.15, 0.2) is 0 Å². The van der Waals surface area contributed by atoms with Crippen LogP contribution in [0.15, 0.2) is 36.5 Å². The summed E-state index contributed by atoms with van der Waals surface area (Å²) in [6.45, 7) is 3.26. The molecule has 1 saturated heterocycles. The monoisotopic (exact) mass is 395 g/mol. The van der Waals surface area contributed by atoms with E-state index in [1.807, 2.05) is 30.3 Å². The Morgan fingerprint density at radius 3 is 2.76 bits per heavy atom. The van der Waals surface area contributed by atoms with Gasteiger partial charge in [0.25, 0.3) is 5.91 Å². The number of benzene rings is 1. The molecule has 0 bridgehead atoms. The van der Waals surface area contributed by atoms with Crippen molar-refractivity contribution in [3.05, 3.63) is 42.1 Å². The molecule has 2 heterocycles. The second kappa shape index (κ2) is 9.10. The third kappa shape index (κ3) is 4.85. The number of aromatic amines is 1. The molecule has 2 aromatic rings. The SMILES string of the molecule is CCCCNC(=O)N1CC(CC#N)(NC(=O)c2cn[nH]c2Nc2ccccc2)C1. The molecule has 29 heavy (non-hydrogen) atoms. The van der Waals surface area contributed by atoms with Crippen LogP contribution in [-0.4, -0.2) is 52.2 Å². The molecular weight excluding hydrogens is 370 g/mol. The van der Waals surface area contributed by atoms with Crippen LogP contribution in [0.25, 0.3) is 0 Å². The molecule has 3 rings (SSSR count). The highest BCUT2D eigenvalue weighted by Gasteiger charge is 2.46. The first-order chi connectivity index (χ1) is 14.1. The lowest BCUT2D eigenvalue weighted by Crippen LogP contribution is -2.72. The van der Waals surface area contributed by atoms with E-state index in [-0.39, 0.29) is 18.4 Å². The number of carbonyl (C=O) groups excluding carboxylic acids is 2. The number of amides is 3. The second-order valence-corrected chi connectivity index (χ2v) is 7.16. The molecule has 152 valence electrons. The fourth-order valence-electron chi connectivity index (χ4n) is 3.23. The molecule has 1 aromatic heterocycles. The lowest BCUT2D eigenvalue weighted by Gasteiger charge is -2.49. The number of unbranched alkanes of at least 4 members (excludes halogenated alkanes) is 1. The molecule has 0 aliphatic carbocycles. The summed E-state index contributed by atoms with van der Waals surface area (Å²) in [6.07, 6.45) is 3.47. The maximum atomic E-state index is 12.8. The Labute approximate surface area is 169 Å². The molecular formula is C20H25N7O2. The van der Waals surface area contributed by atoms with E-state index >= 15 is 0 Å². The molecule has 9 heteroatoms. The normalized spacial score (nSPS) is 14.4. The minimum Gasteiger partial charge on any atom is -0.342 e. The number of nitrogens with zero attached hydrogens (tertiary/aromatic N) is 3. The van der Waals surface area contributed by atoms with Crippen LogP contribution in [0, 0.1) is 11.3 Å². The smallest absolute Gasteiger partial charge is 0.317 e. The molecule has 0 atom stereocenters. The van der Waals surface area contributed by atoms with Crippen molar-refractivity contribution in [2.45, 2.75) is 31.7 Å². The summed E-state index contributed by atoms with van der Waals surface area (Å²) in [5, 5.41) is 24.8. The molecule has 0 saturated carbocycles. The number of nitriles is 1. The van der Waals surface area contributed by atoms with Crippen LogP contribution in [0.4, 0.5) is 16.3 Å². The van der Waals surface area contributed by atoms with Gasteiger partial charge >= 0.3 is 6.03 Å². The minimum atomic E-state index is -0.755. The van der Waals surface area contributed by atoms with Crippen molar-refractivity contribution in [2.75, 3.05) is 25.0 Å². The largest absolute Gasteiger partial charge is 0.342 e. The van der Waals surface area contributed by atoms with Crippen LogP contribution in [0.5, 0.6) is 0 Å². The van der Waals surface area contributed by atoms with E-state index in [4.69, 9.17) is 0 Å². The van der Waals surface area contributed by atoms with Crippen molar-refractivity contribution in [1.29, 1.82) is 5.26 Å². The molecule has 1 aliphatic rings. The number of carbonyl (C=O) groups is 2. The predicted molar refractivity (Wildman–Crippen MR) is 109 cm³/mol. The molecule has 3 amide bonds. The molecule has 9 nitrogen and oxygen atoms in total. The number of likely N-dealkylation sites (tertiary alicyclic amines) is 1. The number of H-pyrrole nitrogens is 1. The number of rotatable bonds is 8. The van der Waals surface area contributed by atoms with Gasteiger partial charge in [0.05, 0.1) is 24.2 Å². The van der Waals surface area contributed by atoms with Crippen LogP contribution < -0.4 is 16.0 Å². The zero-order valence-electron chi connectivity index (χ0n) is 16.4. The number of anilines is 2. The first kappa shape index (κ1) is 20.2. The highest BCUT2D eigenvalue weighted by atomic mass is 16.2. The van der Waals surface area contributed by atoms with Gasteiger partial charge < -0.3 is 20.9 Å². The minimum absolute atomic E-state index is 0.122. The topological polar surface area (TPSA) is 126 Å². The van der Waals surface area contributed by atoms with Crippen LogP contribution >= 0.6 is 0 Å². The van der Waals surface area contributed by atoms with Gasteiger partial charge in [-0.3, -0.25) is 9.89 Å². The first-order valence-corrected chi connectivity index (χ1v) is 9.64. The number of para-hydroxylation sites is 1. The number of aromatic nitrogens is 2. The average Bonchev–Trinajstić information content (AvgIpc) is 3.15. The van der Waals surface area contributed by atoms with E-state index in [2.05, 4.69) is 39.1 Å². The zero-order valence-corrected chi connectivity index (χ0v) is 16.4. The van der Waals surface area contributed by atoms with Gasteiger partial charge in [-0.1, -0.05) is 31.5 Å². The van der Waals surface area contributed by atoms with Crippen molar-refractivity contribution >= 4 is 23.4 Å². The molecule has 1 fully saturated rings. The molecule has 0 spiro atoms. The van der Waals surface area contributed by atoms with E-state index in [1.54, 1.807) is 4.90 Å². The summed E-state index contributed by atoms with van der Waals surface area (Å²) in [4.78, 5) is 26.6. The zero-order chi connectivity index (χ0) is 20.7. The average molecular weight is 395 g/mol. The summed E-state index contributed by atoms with van der Waals surface area (Å²) in [7, 11) is 0. The van der Waals surface area contributed by atoms with Crippen molar-refractivity contribution in [3.63, 3.8) is 0 Å². The Kier molecular flexibility index (Phi) is 6.34. The van der Waals surface area contributed by atoms with E-state index in [0.717, 1.165) is 18.5 Å². The van der Waals surface area contributed by atoms with Crippen LogP contribution in [0.2, 0.25) is 0 Å². The van der Waals surface area contributed by atoms with E-state index in [0.29, 0.717) is 31.0 Å². The number of hydrogen-bond acceptors (Lipinski definition) is 5. The molecule has 1 aliphatic heterocycles. The van der Waals surface area contributed by atoms with Gasteiger partial charge in [-0.05, 0) is 18.6 Å². The van der Waals surface area contributed by atoms with E-state index in [9.17, 15) is 14.9 Å². The summed E-state index contributed by atoms with van der Waals surface area (Å²) < 4.78 is 0. The molecule has 4 N–H and O–H groups in total. The Hall–Kier alpha value is -3.54. The maximum absolute atomic E-state index is 12.8. The van der Waals surface area contributed by atoms with Crippen molar-refractivity contribution in [1.82, 2.24) is 25.7 Å². The summed E-state index contributed by atoms with van der Waals surface area (Å²) in [6, 6.07) is 11.4. The fraction of sp³-hybridized carbons (Fsp3) is 0.400. The standard InChI is InChI=1S/C20H25N7O2/c1-2-3-11-22-19(29)27-13-20(14-27,9-10-21)25-18(28)16-12-23-26-17(16)24-15-7-5-4-6-8-15/h4-8,12H,2-3,9,11,13-14H2,1H3,(H,22,29)(H,25,28)(H2,23,24,26). The van der Waals surface area contributed by atoms with E-state index in [1.165, 1.54) is 6.20 Å². The van der Waals surface area contributed by atoms with Crippen LogP contribution in [-0.2, 0) is 0 Å². The predicted octanol–water partition coefficient (Wildman–Crippen LogP) is 2.36. The lowest BCUT2D eigenvalue weighted by molar-refractivity contribution is 0.0575. The Balaban J connectivity index is 1.62. The Bertz CT molecular complexity index is 882. The van der Waals surface area contributed by atoms with Crippen molar-refractivity contribution in [2.24, 2.45) is 0 Å². The van der Waals surface area contributed by atoms with Gasteiger partial charge in [0, 0.05) is 25.3 Å². The fourth-order valence-corrected chi connectivity index (χ4v) is 3.23. The third-order valence-corrected chi connectivity index (χ3v) is 4.80. The maximum Gasteiger partial charge on any atom is 0.317 e. The van der Waals surface area contributed by atoms with Crippen LogP contribution in [0.3, 0.4) is 0 Å². The molecule has 0 unspecified atom stereocenters. The van der Waals surface area contributed by atoms with Gasteiger partial charge in [-0.25, -0.2) is 4.79 Å². The Morgan fingerprint density at radius 1 is 1.31 bits per heavy atom. The quantitative estimate of drug-likeness (QED) is 0.511. The first-order valence-electron chi connectivity index (χ1n) is 9.64. The third-order valence-electron chi connectivity index (χ3n) is 4.80. The van der Waals surface area contributed by atoms with E-state index < -0.39 is 5.54 Å². The summed E-state index contributed by atoms with van der Waals surface area (Å²) in [5.74, 6) is 0.118. The highest BCUT2D eigenvalue weighted by molar-refractivity contribution is 5.99. The van der Waals surface area contributed by atoms with Crippen molar-refractivity contribution < 1.29 is 9.59 Å². The second-order valence-electron chi connectivity index (χ2n) is 7.16. The van der Waals surface area contributed by atoms with Gasteiger partial charge in [0.2, 0.25) is 0 Å². The van der Waals surface area contributed by atoms with Gasteiger partial charge in [0.1, 0.15) is 11.4 Å². The van der Waals surface area contributed by atoms with Gasteiger partial charge in [-0.15, -0.1) is 0 Å². The molecule has 0 radical (unpaired) electrons. The summed E-state index contributed by atoms with van der Waals surface area (Å²) in [5.41, 5.74) is 0.406. The highest BCUT2D eigenvalue weighted by Crippen LogP contribution is 2.26. The lowest BCUT2D eigenvalue weighted by atomic mass is 9.86. The van der Waals surface area contributed by atoms with Crippen LogP contribution in [0.1, 0.15) is 36.5 Å². The Morgan fingerprint density at radius 2 is 2.07 bits per heavy atom. The number of urea groups is 1.